The molecule has 0 bridgehead atoms. The molecule has 166 valence electrons. The van der Waals surface area contributed by atoms with Crippen molar-refractivity contribution in [2.24, 2.45) is 5.92 Å². The number of para-hydroxylation sites is 1. The number of rotatable bonds is 4. The van der Waals surface area contributed by atoms with E-state index in [4.69, 9.17) is 0 Å². The number of pyridine rings is 1. The number of amides is 2. The molecule has 0 radical (unpaired) electrons. The van der Waals surface area contributed by atoms with Gasteiger partial charge in [-0.3, -0.25) is 9.59 Å². The second-order valence-electron chi connectivity index (χ2n) is 8.01. The van der Waals surface area contributed by atoms with Gasteiger partial charge in [0, 0.05) is 30.4 Å². The van der Waals surface area contributed by atoms with Gasteiger partial charge in [0.1, 0.15) is 16.6 Å². The van der Waals surface area contributed by atoms with Crippen LogP contribution in [-0.2, 0) is 4.79 Å². The zero-order valence-electron chi connectivity index (χ0n) is 17.7. The van der Waals surface area contributed by atoms with Crippen LogP contribution >= 0.6 is 11.3 Å². The molecule has 4 aromatic rings. The number of nitrogens with one attached hydrogen (secondary N) is 1. The van der Waals surface area contributed by atoms with Gasteiger partial charge >= 0.3 is 0 Å². The highest BCUT2D eigenvalue weighted by Gasteiger charge is 2.29. The van der Waals surface area contributed by atoms with Crippen molar-refractivity contribution < 1.29 is 14.0 Å². The summed E-state index contributed by atoms with van der Waals surface area (Å²) in [6.07, 6.45) is 3.14. The van der Waals surface area contributed by atoms with Gasteiger partial charge in [0.2, 0.25) is 5.91 Å². The molecule has 5 rings (SSSR count). The molecule has 6 nitrogen and oxygen atoms in total. The third-order valence-corrected chi connectivity index (χ3v) is 6.81. The lowest BCUT2D eigenvalue weighted by Gasteiger charge is -2.32. The van der Waals surface area contributed by atoms with Crippen LogP contribution in [0.5, 0.6) is 0 Å². The smallest absolute Gasteiger partial charge is 0.253 e. The Labute approximate surface area is 194 Å². The quantitative estimate of drug-likeness (QED) is 0.466. The average Bonchev–Trinajstić information content (AvgIpc) is 3.29. The van der Waals surface area contributed by atoms with Crippen LogP contribution in [0, 0.1) is 11.7 Å². The summed E-state index contributed by atoms with van der Waals surface area (Å²) in [7, 11) is 0. The van der Waals surface area contributed by atoms with Gasteiger partial charge in [-0.1, -0.05) is 12.1 Å². The van der Waals surface area contributed by atoms with E-state index in [9.17, 15) is 14.0 Å². The molecular formula is C25H21FN4O2S. The Morgan fingerprint density at radius 2 is 1.88 bits per heavy atom. The highest BCUT2D eigenvalue weighted by Crippen LogP contribution is 2.30. The Bertz CT molecular complexity index is 1270. The number of hydrogen-bond acceptors (Lipinski definition) is 5. The maximum absolute atomic E-state index is 13.2. The Kier molecular flexibility index (Phi) is 5.83. The minimum absolute atomic E-state index is 0.160. The maximum Gasteiger partial charge on any atom is 0.253 e. The number of likely N-dealkylation sites (tertiary alicyclic amines) is 1. The first-order chi connectivity index (χ1) is 16.1. The molecule has 8 heteroatoms. The zero-order chi connectivity index (χ0) is 22.8. The van der Waals surface area contributed by atoms with Crippen LogP contribution < -0.4 is 5.32 Å². The summed E-state index contributed by atoms with van der Waals surface area (Å²) < 4.78 is 14.3. The molecule has 1 saturated heterocycles. The first kappa shape index (κ1) is 21.2. The molecule has 1 fully saturated rings. The number of halogens is 1. The summed E-state index contributed by atoms with van der Waals surface area (Å²) in [5, 5.41) is 3.75. The monoisotopic (exact) mass is 460 g/mol. The van der Waals surface area contributed by atoms with Crippen LogP contribution in [0.1, 0.15) is 23.2 Å². The fraction of sp³-hybridized carbons (Fsp3) is 0.200. The SMILES string of the molecule is O=C(Nc1ccc(-c2nc3ccccc3s2)cn1)C1CCCN(C(=O)c2ccc(F)cc2)C1. The second-order valence-corrected chi connectivity index (χ2v) is 9.04. The van der Waals surface area contributed by atoms with Crippen molar-refractivity contribution in [3.05, 3.63) is 78.2 Å². The topological polar surface area (TPSA) is 75.2 Å². The fourth-order valence-corrected chi connectivity index (χ4v) is 4.92. The van der Waals surface area contributed by atoms with E-state index in [1.807, 2.05) is 30.3 Å². The second kappa shape index (κ2) is 9.07. The number of carbonyl (C=O) groups is 2. The van der Waals surface area contributed by atoms with E-state index in [0.29, 0.717) is 30.9 Å². The van der Waals surface area contributed by atoms with Gasteiger partial charge in [-0.2, -0.15) is 0 Å². The molecule has 3 heterocycles. The van der Waals surface area contributed by atoms with Gasteiger partial charge in [-0.25, -0.2) is 14.4 Å². The van der Waals surface area contributed by atoms with E-state index < -0.39 is 0 Å². The first-order valence-electron chi connectivity index (χ1n) is 10.7. The molecule has 1 aliphatic heterocycles. The molecule has 1 N–H and O–H groups in total. The van der Waals surface area contributed by atoms with Gasteiger partial charge in [0.15, 0.2) is 0 Å². The molecule has 33 heavy (non-hydrogen) atoms. The Balaban J connectivity index is 1.23. The average molecular weight is 461 g/mol. The van der Waals surface area contributed by atoms with E-state index in [-0.39, 0.29) is 23.5 Å². The number of thiazole rings is 1. The molecule has 2 amide bonds. The molecule has 2 aromatic heterocycles. The predicted molar refractivity (Wildman–Crippen MR) is 127 cm³/mol. The van der Waals surface area contributed by atoms with E-state index in [1.54, 1.807) is 28.5 Å². The summed E-state index contributed by atoms with van der Waals surface area (Å²) in [6.45, 7) is 0.904. The molecule has 1 atom stereocenters. The lowest BCUT2D eigenvalue weighted by Crippen LogP contribution is -2.43. The number of hydrogen-bond donors (Lipinski definition) is 1. The highest BCUT2D eigenvalue weighted by atomic mass is 32.1. The van der Waals surface area contributed by atoms with Crippen LogP contribution in [0.3, 0.4) is 0 Å². The maximum atomic E-state index is 13.2. The molecule has 1 aliphatic rings. The van der Waals surface area contributed by atoms with Crippen molar-refractivity contribution in [1.82, 2.24) is 14.9 Å². The lowest BCUT2D eigenvalue weighted by atomic mass is 9.96. The van der Waals surface area contributed by atoms with Gasteiger partial charge < -0.3 is 10.2 Å². The summed E-state index contributed by atoms with van der Waals surface area (Å²) in [5.74, 6) is -0.595. The van der Waals surface area contributed by atoms with Crippen molar-refractivity contribution in [3.8, 4) is 10.6 Å². The Morgan fingerprint density at radius 3 is 2.64 bits per heavy atom. The fourth-order valence-electron chi connectivity index (χ4n) is 3.97. The van der Waals surface area contributed by atoms with Crippen molar-refractivity contribution in [3.63, 3.8) is 0 Å². The van der Waals surface area contributed by atoms with E-state index in [2.05, 4.69) is 15.3 Å². The molecular weight excluding hydrogens is 439 g/mol. The Hall–Kier alpha value is -3.65. The van der Waals surface area contributed by atoms with Crippen LogP contribution in [0.25, 0.3) is 20.8 Å². The van der Waals surface area contributed by atoms with Crippen LogP contribution in [0.15, 0.2) is 66.9 Å². The Morgan fingerprint density at radius 1 is 1.06 bits per heavy atom. The molecule has 0 spiro atoms. The molecule has 0 aliphatic carbocycles. The van der Waals surface area contributed by atoms with Gasteiger partial charge in [0.25, 0.3) is 5.91 Å². The normalized spacial score (nSPS) is 16.0. The standard InChI is InChI=1S/C25H21FN4O2S/c26-19-10-7-16(8-11-19)25(32)30-13-3-4-18(15-30)23(31)29-22-12-9-17(14-27-22)24-28-20-5-1-2-6-21(20)33-24/h1-2,5-12,14,18H,3-4,13,15H2,(H,27,29,31). The van der Waals surface area contributed by atoms with Crippen LogP contribution in [0.4, 0.5) is 10.2 Å². The van der Waals surface area contributed by atoms with Crippen molar-refractivity contribution in [2.75, 3.05) is 18.4 Å². The highest BCUT2D eigenvalue weighted by molar-refractivity contribution is 7.21. The van der Waals surface area contributed by atoms with Crippen LogP contribution in [0.2, 0.25) is 0 Å². The number of carbonyl (C=O) groups excluding carboxylic acids is 2. The number of aromatic nitrogens is 2. The van der Waals surface area contributed by atoms with Crippen LogP contribution in [-0.4, -0.2) is 39.8 Å². The number of piperidine rings is 1. The summed E-state index contributed by atoms with van der Waals surface area (Å²) in [6, 6.07) is 17.1. The number of nitrogens with zero attached hydrogens (tertiary/aromatic N) is 3. The molecule has 0 saturated carbocycles. The van der Waals surface area contributed by atoms with Gasteiger partial charge in [-0.15, -0.1) is 11.3 Å². The number of anilines is 1. The van der Waals surface area contributed by atoms with Gasteiger partial charge in [0.05, 0.1) is 16.1 Å². The molecule has 1 unspecified atom stereocenters. The largest absolute Gasteiger partial charge is 0.338 e. The minimum atomic E-state index is -0.385. The van der Waals surface area contributed by atoms with Crippen molar-refractivity contribution in [1.29, 1.82) is 0 Å². The minimum Gasteiger partial charge on any atom is -0.338 e. The number of fused-ring (bicyclic) bond motifs is 1. The lowest BCUT2D eigenvalue weighted by molar-refractivity contribution is -0.121. The van der Waals surface area contributed by atoms with Crippen molar-refractivity contribution >= 4 is 39.2 Å². The van der Waals surface area contributed by atoms with Gasteiger partial charge in [-0.05, 0) is 61.4 Å². The summed E-state index contributed by atoms with van der Waals surface area (Å²) in [5.41, 5.74) is 2.26. The third kappa shape index (κ3) is 4.61. The van der Waals surface area contributed by atoms with E-state index in [1.165, 1.54) is 24.3 Å². The predicted octanol–water partition coefficient (Wildman–Crippen LogP) is 4.99. The summed E-state index contributed by atoms with van der Waals surface area (Å²) >= 11 is 1.60. The molecule has 2 aromatic carbocycles. The third-order valence-electron chi connectivity index (χ3n) is 5.73. The van der Waals surface area contributed by atoms with E-state index >= 15 is 0 Å². The van der Waals surface area contributed by atoms with Crippen molar-refractivity contribution in [2.45, 2.75) is 12.8 Å². The number of benzene rings is 2. The summed E-state index contributed by atoms with van der Waals surface area (Å²) in [4.78, 5) is 36.2. The first-order valence-corrected chi connectivity index (χ1v) is 11.6. The zero-order valence-corrected chi connectivity index (χ0v) is 18.5. The van der Waals surface area contributed by atoms with E-state index in [0.717, 1.165) is 27.2 Å².